The SMILES string of the molecule is CC(=O)N[C@H]1[C@@H](OC[C@@H](O)[C@@H](O)[C@H](O)[C@@H](O)CNc2cccc(NC(=O)CCCCC3CCSS3)c2)O[C@H](CO)[C@H](O)[C@@H]1O[C@@H]1O[C@H](C(=O)[O-])[C@@H](O)[C@H](OS(=O)(=O)[O-])[C@H]1O.[Na+].[Na+]. The zero-order valence-corrected chi connectivity index (χ0v) is 40.5. The van der Waals surface area contributed by atoms with Crippen LogP contribution in [0.2, 0.25) is 0 Å². The molecule has 0 aromatic heterocycles. The molecule has 3 saturated heterocycles. The van der Waals surface area contributed by atoms with Crippen molar-refractivity contribution in [2.24, 2.45) is 0 Å². The minimum atomic E-state index is -5.68. The minimum absolute atomic E-state index is 0. The van der Waals surface area contributed by atoms with Crippen molar-refractivity contribution in [1.29, 1.82) is 0 Å². The molecule has 0 bridgehead atoms. The standard InChI is InChI=1S/C34H53N3O20S3.2Na/c1-15(39)36-23-29(55-34-28(47)30(57-60(50,51)52)27(46)31(56-34)32(48)49)26(45)21(13-38)54-33(23)53-14-20(41)25(44)24(43)19(40)12-35-16-5-4-6-17(11-16)37-22(42)8-3-2-7-18-9-10-58-59-18;;/h4-6,11,18-21,23-31,33-35,38,40-41,43-47H,2-3,7-10,12-14H2,1H3,(H,36,39)(H,37,42)(H,48,49)(H,50,51,52);;/q;2*+1/p-2/t18?,19-,20+,21+,23+,24+,25+,26-,27-,28+,29+,30-,31-,33-,34+;;/m0../s1. The molecule has 0 radical (unpaired) electrons. The predicted octanol–water partition coefficient (Wildman–Crippen LogP) is -10.8. The number of benzene rings is 1. The number of aliphatic hydroxyl groups is 8. The van der Waals surface area contributed by atoms with Crippen molar-refractivity contribution in [3.8, 4) is 0 Å². The fraction of sp³-hybridized carbons (Fsp3) is 0.735. The van der Waals surface area contributed by atoms with Crippen molar-refractivity contribution in [1.82, 2.24) is 5.32 Å². The molecular formula is C34H51N3Na2O20S3. The number of aliphatic hydroxyl groups excluding tert-OH is 8. The van der Waals surface area contributed by atoms with Crippen molar-refractivity contribution < 1.29 is 156 Å². The zero-order chi connectivity index (χ0) is 44.3. The maximum atomic E-state index is 12.5. The molecule has 0 spiro atoms. The summed E-state index contributed by atoms with van der Waals surface area (Å²) < 4.78 is 59.6. The van der Waals surface area contributed by atoms with Gasteiger partial charge in [-0.25, -0.2) is 8.42 Å². The van der Waals surface area contributed by atoms with Crippen LogP contribution >= 0.6 is 21.6 Å². The third kappa shape index (κ3) is 17.3. The van der Waals surface area contributed by atoms with Crippen LogP contribution in [-0.2, 0) is 47.9 Å². The Hall–Kier alpha value is -0.480. The van der Waals surface area contributed by atoms with Crippen molar-refractivity contribution in [3.05, 3.63) is 24.3 Å². The number of nitrogens with one attached hydrogen (secondary N) is 3. The Labute approximate surface area is 409 Å². The van der Waals surface area contributed by atoms with Crippen molar-refractivity contribution in [2.45, 2.75) is 130 Å². The number of ether oxygens (including phenoxy) is 4. The summed E-state index contributed by atoms with van der Waals surface area (Å²) in [5.74, 6) is -2.01. The number of carboxylic acids is 1. The van der Waals surface area contributed by atoms with Crippen LogP contribution in [0.4, 0.5) is 11.4 Å². The summed E-state index contributed by atoms with van der Waals surface area (Å²) in [4.78, 5) is 36.4. The van der Waals surface area contributed by atoms with Crippen molar-refractivity contribution in [2.75, 3.05) is 36.1 Å². The first kappa shape index (κ1) is 57.6. The van der Waals surface area contributed by atoms with Gasteiger partial charge in [-0.3, -0.25) is 13.8 Å². The summed E-state index contributed by atoms with van der Waals surface area (Å²) in [5, 5.41) is 105. The monoisotopic (exact) mass is 963 g/mol. The average Bonchev–Trinajstić information content (AvgIpc) is 3.71. The molecule has 23 nitrogen and oxygen atoms in total. The second-order valence-corrected chi connectivity index (χ2v) is 18.1. The number of amides is 2. The number of anilines is 2. The van der Waals surface area contributed by atoms with Gasteiger partial charge in [-0.2, -0.15) is 0 Å². The van der Waals surface area contributed by atoms with Crippen LogP contribution in [0.3, 0.4) is 0 Å². The van der Waals surface area contributed by atoms with Gasteiger partial charge in [0, 0.05) is 42.3 Å². The third-order valence-corrected chi connectivity index (χ3v) is 13.1. The molecule has 3 fully saturated rings. The molecule has 62 heavy (non-hydrogen) atoms. The molecule has 3 aliphatic rings. The first-order valence-electron chi connectivity index (χ1n) is 18.8. The van der Waals surface area contributed by atoms with Gasteiger partial charge in [0.2, 0.25) is 22.2 Å². The normalized spacial score (nSPS) is 30.7. The van der Waals surface area contributed by atoms with Crippen LogP contribution in [-0.4, -0.2) is 188 Å². The number of hydrogen-bond acceptors (Lipinski definition) is 23. The molecule has 11 N–H and O–H groups in total. The molecule has 15 atom stereocenters. The summed E-state index contributed by atoms with van der Waals surface area (Å²) in [6.45, 7) is -1.24. The second-order valence-electron chi connectivity index (χ2n) is 14.3. The molecule has 4 rings (SSSR count). The van der Waals surface area contributed by atoms with Crippen molar-refractivity contribution in [3.63, 3.8) is 0 Å². The fourth-order valence-corrected chi connectivity index (χ4v) is 10.1. The van der Waals surface area contributed by atoms with E-state index in [4.69, 9.17) is 18.9 Å². The first-order valence-corrected chi connectivity index (χ1v) is 22.5. The largest absolute Gasteiger partial charge is 1.00 e. The van der Waals surface area contributed by atoms with Gasteiger partial charge in [-0.05, 0) is 37.5 Å². The topological polar surface area (TPSA) is 376 Å². The molecule has 3 aliphatic heterocycles. The van der Waals surface area contributed by atoms with Crippen LogP contribution in [0.15, 0.2) is 24.3 Å². The van der Waals surface area contributed by atoms with Gasteiger partial charge in [-0.15, -0.1) is 0 Å². The molecule has 3 heterocycles. The van der Waals surface area contributed by atoms with Gasteiger partial charge in [0.1, 0.15) is 67.1 Å². The van der Waals surface area contributed by atoms with E-state index in [9.17, 15) is 73.3 Å². The molecule has 1 unspecified atom stereocenters. The third-order valence-electron chi connectivity index (χ3n) is 9.66. The Morgan fingerprint density at radius 1 is 0.952 bits per heavy atom. The number of unbranched alkanes of at least 4 members (excludes halogenated alkanes) is 1. The Bertz CT molecular complexity index is 1670. The molecule has 0 saturated carbocycles. The summed E-state index contributed by atoms with van der Waals surface area (Å²) in [7, 11) is -1.92. The van der Waals surface area contributed by atoms with E-state index in [1.165, 1.54) is 6.42 Å². The summed E-state index contributed by atoms with van der Waals surface area (Å²) in [6, 6.07) is 4.85. The molecule has 1 aromatic carbocycles. The van der Waals surface area contributed by atoms with Crippen LogP contribution < -0.4 is 80.2 Å². The second kappa shape index (κ2) is 27.4. The number of carbonyl (C=O) groups is 3. The number of aliphatic carboxylic acids is 1. The van der Waals surface area contributed by atoms with Crippen LogP contribution in [0.5, 0.6) is 0 Å². The number of hydrogen-bond donors (Lipinski definition) is 11. The maximum Gasteiger partial charge on any atom is 1.00 e. The number of carboxylic acid groups (broad SMARTS) is 1. The molecule has 28 heteroatoms. The van der Waals surface area contributed by atoms with Gasteiger partial charge >= 0.3 is 59.1 Å². The Morgan fingerprint density at radius 2 is 1.63 bits per heavy atom. The molecule has 1 aromatic rings. The molecule has 342 valence electrons. The van der Waals surface area contributed by atoms with E-state index in [0.29, 0.717) is 23.0 Å². The van der Waals surface area contributed by atoms with Gasteiger partial charge in [0.15, 0.2) is 12.6 Å². The van der Waals surface area contributed by atoms with E-state index >= 15 is 0 Å². The zero-order valence-electron chi connectivity index (χ0n) is 34.0. The molecular weight excluding hydrogens is 913 g/mol. The van der Waals surface area contributed by atoms with Gasteiger partial charge in [-0.1, -0.05) is 34.1 Å². The van der Waals surface area contributed by atoms with E-state index < -0.39 is 121 Å². The predicted molar refractivity (Wildman–Crippen MR) is 205 cm³/mol. The fourth-order valence-electron chi connectivity index (χ4n) is 6.55. The van der Waals surface area contributed by atoms with Crippen LogP contribution in [0.25, 0.3) is 0 Å². The smallest absolute Gasteiger partial charge is 0.726 e. The van der Waals surface area contributed by atoms with E-state index in [2.05, 4.69) is 20.1 Å². The quantitative estimate of drug-likeness (QED) is 0.0169. The summed E-state index contributed by atoms with van der Waals surface area (Å²) in [5.41, 5.74) is 0.928. The van der Waals surface area contributed by atoms with E-state index in [0.717, 1.165) is 31.9 Å². The van der Waals surface area contributed by atoms with Crippen LogP contribution in [0.1, 0.15) is 39.0 Å². The molecule has 0 aliphatic carbocycles. The summed E-state index contributed by atoms with van der Waals surface area (Å²) >= 11 is 0. The Kier molecular flexibility index (Phi) is 25.4. The van der Waals surface area contributed by atoms with Gasteiger partial charge < -0.3 is 90.2 Å². The Morgan fingerprint density at radius 3 is 2.24 bits per heavy atom. The first-order chi connectivity index (χ1) is 28.3. The minimum Gasteiger partial charge on any atom is -0.726 e. The number of rotatable bonds is 22. The molecule has 2 amide bonds. The Balaban J connectivity index is 0.00000661. The van der Waals surface area contributed by atoms with Crippen molar-refractivity contribution >= 4 is 61.1 Å². The maximum absolute atomic E-state index is 12.5. The number of carbonyl (C=O) groups excluding carboxylic acids is 3. The van der Waals surface area contributed by atoms with Crippen LogP contribution in [0, 0.1) is 0 Å². The van der Waals surface area contributed by atoms with Gasteiger partial charge in [0.25, 0.3) is 0 Å². The average molecular weight is 964 g/mol. The van der Waals surface area contributed by atoms with E-state index in [-0.39, 0.29) is 71.6 Å². The van der Waals surface area contributed by atoms with E-state index in [1.54, 1.807) is 24.3 Å². The van der Waals surface area contributed by atoms with Gasteiger partial charge in [0.05, 0.1) is 25.3 Å². The summed E-state index contributed by atoms with van der Waals surface area (Å²) in [6.07, 6.45) is -23.0. The van der Waals surface area contributed by atoms with E-state index in [1.807, 2.05) is 21.6 Å².